The summed E-state index contributed by atoms with van der Waals surface area (Å²) in [4.78, 5) is 24.6. The molecule has 28 heavy (non-hydrogen) atoms. The Kier molecular flexibility index (Phi) is 4.93. The van der Waals surface area contributed by atoms with E-state index >= 15 is 0 Å². The van der Waals surface area contributed by atoms with Gasteiger partial charge in [-0.2, -0.15) is 0 Å². The zero-order valence-electron chi connectivity index (χ0n) is 16.4. The quantitative estimate of drug-likeness (QED) is 0.708. The molecule has 146 valence electrons. The molecule has 4 nitrogen and oxygen atoms in total. The van der Waals surface area contributed by atoms with Crippen LogP contribution >= 0.6 is 11.3 Å². The lowest BCUT2D eigenvalue weighted by Crippen LogP contribution is -2.36. The van der Waals surface area contributed by atoms with Crippen molar-refractivity contribution < 1.29 is 4.39 Å². The Labute approximate surface area is 168 Å². The molecule has 2 aromatic heterocycles. The highest BCUT2D eigenvalue weighted by Crippen LogP contribution is 2.31. The van der Waals surface area contributed by atoms with Crippen LogP contribution in [-0.2, 0) is 24.9 Å². The van der Waals surface area contributed by atoms with Crippen molar-refractivity contribution in [2.75, 3.05) is 6.54 Å². The predicted octanol–water partition coefficient (Wildman–Crippen LogP) is 4.49. The molecule has 0 amide bonds. The minimum absolute atomic E-state index is 0.0298. The van der Waals surface area contributed by atoms with Gasteiger partial charge in [-0.3, -0.25) is 9.69 Å². The van der Waals surface area contributed by atoms with Crippen LogP contribution < -0.4 is 5.56 Å². The van der Waals surface area contributed by atoms with E-state index in [9.17, 15) is 9.18 Å². The van der Waals surface area contributed by atoms with E-state index in [-0.39, 0.29) is 16.8 Å². The lowest BCUT2D eigenvalue weighted by Gasteiger charge is -2.28. The maximum absolute atomic E-state index is 14.0. The Morgan fingerprint density at radius 2 is 2.00 bits per heavy atom. The first-order chi connectivity index (χ1) is 13.3. The van der Waals surface area contributed by atoms with Crippen molar-refractivity contribution in [3.63, 3.8) is 0 Å². The summed E-state index contributed by atoms with van der Waals surface area (Å²) < 4.78 is 14.0. The average Bonchev–Trinajstić information content (AvgIpc) is 3.10. The van der Waals surface area contributed by atoms with Crippen molar-refractivity contribution in [1.82, 2.24) is 14.9 Å². The van der Waals surface area contributed by atoms with E-state index in [1.807, 2.05) is 18.2 Å². The molecule has 6 heteroatoms. The van der Waals surface area contributed by atoms with Crippen LogP contribution in [0.4, 0.5) is 4.39 Å². The Balaban J connectivity index is 1.52. The van der Waals surface area contributed by atoms with Gasteiger partial charge in [-0.15, -0.1) is 11.3 Å². The molecule has 0 unspecified atom stereocenters. The van der Waals surface area contributed by atoms with Crippen LogP contribution in [-0.4, -0.2) is 21.4 Å². The van der Waals surface area contributed by atoms with Crippen molar-refractivity contribution in [3.8, 4) is 10.4 Å². The van der Waals surface area contributed by atoms with Crippen LogP contribution in [0.1, 0.15) is 42.7 Å². The molecular weight excluding hydrogens is 373 g/mol. The molecule has 0 spiro atoms. The van der Waals surface area contributed by atoms with Gasteiger partial charge in [0.25, 0.3) is 5.56 Å². The highest BCUT2D eigenvalue weighted by Gasteiger charge is 2.25. The lowest BCUT2D eigenvalue weighted by molar-refractivity contribution is 0.243. The number of aromatic amines is 1. The van der Waals surface area contributed by atoms with Gasteiger partial charge in [-0.25, -0.2) is 9.37 Å². The van der Waals surface area contributed by atoms with Gasteiger partial charge in [-0.1, -0.05) is 39.0 Å². The van der Waals surface area contributed by atoms with Crippen molar-refractivity contribution in [2.45, 2.75) is 45.7 Å². The molecular formula is C22H24FN3OS. The van der Waals surface area contributed by atoms with Gasteiger partial charge in [0.1, 0.15) is 11.6 Å². The molecule has 3 heterocycles. The zero-order chi connectivity index (χ0) is 19.9. The van der Waals surface area contributed by atoms with E-state index in [4.69, 9.17) is 4.98 Å². The summed E-state index contributed by atoms with van der Waals surface area (Å²) in [5.41, 5.74) is 2.12. The van der Waals surface area contributed by atoms with Gasteiger partial charge in [0.05, 0.1) is 11.3 Å². The highest BCUT2D eigenvalue weighted by molar-refractivity contribution is 7.15. The molecule has 0 aliphatic carbocycles. The van der Waals surface area contributed by atoms with E-state index in [1.54, 1.807) is 23.5 Å². The first-order valence-electron chi connectivity index (χ1n) is 9.50. The third-order valence-corrected chi connectivity index (χ3v) is 6.14. The fraction of sp³-hybridized carbons (Fsp3) is 0.364. The zero-order valence-corrected chi connectivity index (χ0v) is 17.2. The molecule has 1 aromatic carbocycles. The topological polar surface area (TPSA) is 49.0 Å². The maximum Gasteiger partial charge on any atom is 0.255 e. The third kappa shape index (κ3) is 3.80. The number of nitrogens with one attached hydrogen (secondary N) is 1. The molecule has 3 aromatic rings. The summed E-state index contributed by atoms with van der Waals surface area (Å²) >= 11 is 1.60. The first-order valence-corrected chi connectivity index (χ1v) is 10.3. The van der Waals surface area contributed by atoms with E-state index in [2.05, 4.69) is 30.7 Å². The third-order valence-electron chi connectivity index (χ3n) is 5.04. The fourth-order valence-corrected chi connectivity index (χ4v) is 4.54. The van der Waals surface area contributed by atoms with E-state index < -0.39 is 0 Å². The van der Waals surface area contributed by atoms with Gasteiger partial charge in [0.15, 0.2) is 0 Å². The molecule has 0 radical (unpaired) electrons. The van der Waals surface area contributed by atoms with Crippen molar-refractivity contribution in [2.24, 2.45) is 0 Å². The molecule has 0 saturated heterocycles. The van der Waals surface area contributed by atoms with Gasteiger partial charge in [0, 0.05) is 46.8 Å². The lowest BCUT2D eigenvalue weighted by atomic mass is 9.95. The summed E-state index contributed by atoms with van der Waals surface area (Å²) in [7, 11) is 0. The largest absolute Gasteiger partial charge is 0.310 e. The van der Waals surface area contributed by atoms with Crippen molar-refractivity contribution in [3.05, 3.63) is 74.5 Å². The number of thiophene rings is 1. The van der Waals surface area contributed by atoms with Crippen molar-refractivity contribution >= 4 is 11.3 Å². The Morgan fingerprint density at radius 3 is 2.75 bits per heavy atom. The standard InChI is InChI=1S/C22H24FN3OS/c1-22(2,3)21-24-18-10-11-26(13-16(18)20(27)25-21)12-14-8-9-19(28-14)15-6-4-5-7-17(15)23/h4-9H,10-13H2,1-3H3,(H,24,25,27). The van der Waals surface area contributed by atoms with E-state index in [0.29, 0.717) is 12.1 Å². The second kappa shape index (κ2) is 7.26. The minimum atomic E-state index is -0.199. The highest BCUT2D eigenvalue weighted by atomic mass is 32.1. The van der Waals surface area contributed by atoms with Gasteiger partial charge >= 0.3 is 0 Å². The number of hydrogen-bond acceptors (Lipinski definition) is 4. The number of rotatable bonds is 3. The van der Waals surface area contributed by atoms with Crippen LogP contribution in [0, 0.1) is 5.82 Å². The number of hydrogen-bond donors (Lipinski definition) is 1. The molecule has 0 saturated carbocycles. The molecule has 0 bridgehead atoms. The van der Waals surface area contributed by atoms with E-state index in [1.165, 1.54) is 6.07 Å². The monoisotopic (exact) mass is 397 g/mol. The second-order valence-electron chi connectivity index (χ2n) is 8.30. The van der Waals surface area contributed by atoms with Crippen LogP contribution in [0.3, 0.4) is 0 Å². The number of aromatic nitrogens is 2. The predicted molar refractivity (Wildman–Crippen MR) is 111 cm³/mol. The number of nitrogens with zero attached hydrogens (tertiary/aromatic N) is 2. The summed E-state index contributed by atoms with van der Waals surface area (Å²) in [6.07, 6.45) is 0.772. The van der Waals surface area contributed by atoms with E-state index in [0.717, 1.165) is 46.3 Å². The van der Waals surface area contributed by atoms with Gasteiger partial charge in [-0.05, 0) is 18.2 Å². The smallest absolute Gasteiger partial charge is 0.255 e. The Hall–Kier alpha value is -2.31. The summed E-state index contributed by atoms with van der Waals surface area (Å²) in [5, 5.41) is 0. The SMILES string of the molecule is CC(C)(C)c1nc2c(c(=O)[nH]1)CN(Cc1ccc(-c3ccccc3F)s1)CC2. The molecule has 1 aliphatic heterocycles. The number of H-pyrrole nitrogens is 1. The molecule has 0 atom stereocenters. The molecule has 1 aliphatic rings. The Bertz CT molecular complexity index is 1060. The average molecular weight is 398 g/mol. The fourth-order valence-electron chi connectivity index (χ4n) is 3.46. The normalized spacial score (nSPS) is 14.9. The summed E-state index contributed by atoms with van der Waals surface area (Å²) in [5.74, 6) is 0.549. The van der Waals surface area contributed by atoms with Crippen molar-refractivity contribution in [1.29, 1.82) is 0 Å². The minimum Gasteiger partial charge on any atom is -0.310 e. The van der Waals surface area contributed by atoms with Gasteiger partial charge < -0.3 is 4.98 Å². The van der Waals surface area contributed by atoms with Crippen LogP contribution in [0.25, 0.3) is 10.4 Å². The maximum atomic E-state index is 14.0. The number of fused-ring (bicyclic) bond motifs is 1. The molecule has 0 fully saturated rings. The number of benzene rings is 1. The first kappa shape index (κ1) is 19.0. The van der Waals surface area contributed by atoms with Gasteiger partial charge in [0.2, 0.25) is 0 Å². The Morgan fingerprint density at radius 1 is 1.21 bits per heavy atom. The summed E-state index contributed by atoms with van der Waals surface area (Å²) in [6.45, 7) is 8.36. The van der Waals surface area contributed by atoms with Crippen LogP contribution in [0.2, 0.25) is 0 Å². The number of halogens is 1. The second-order valence-corrected chi connectivity index (χ2v) is 9.46. The molecule has 1 N–H and O–H groups in total. The molecule has 4 rings (SSSR count). The van der Waals surface area contributed by atoms with Crippen LogP contribution in [0.15, 0.2) is 41.2 Å². The van der Waals surface area contributed by atoms with Crippen LogP contribution in [0.5, 0.6) is 0 Å². The summed E-state index contributed by atoms with van der Waals surface area (Å²) in [6, 6.07) is 10.9.